The van der Waals surface area contributed by atoms with Gasteiger partial charge in [-0.3, -0.25) is 0 Å². The smallest absolute Gasteiger partial charge is 0.149 e. The Morgan fingerprint density at radius 1 is 1.36 bits per heavy atom. The minimum Gasteiger partial charge on any atom is -0.368 e. The van der Waals surface area contributed by atoms with E-state index in [1.54, 1.807) is 0 Å². The standard InChI is InChI=1S/C9H16O2/c1-7-4-3-5-8(2)11-9(7)6-10/h6-9H,3-5H2,1-2H3. The molecule has 3 unspecified atom stereocenters. The van der Waals surface area contributed by atoms with Crippen LogP contribution in [0.2, 0.25) is 0 Å². The number of hydrogen-bond donors (Lipinski definition) is 0. The van der Waals surface area contributed by atoms with E-state index < -0.39 is 0 Å². The molecule has 1 heterocycles. The average Bonchev–Trinajstić information content (AvgIpc) is 2.13. The first-order chi connectivity index (χ1) is 5.24. The second kappa shape index (κ2) is 3.86. The van der Waals surface area contributed by atoms with Crippen molar-refractivity contribution in [3.8, 4) is 0 Å². The summed E-state index contributed by atoms with van der Waals surface area (Å²) in [7, 11) is 0. The van der Waals surface area contributed by atoms with Gasteiger partial charge in [-0.2, -0.15) is 0 Å². The first-order valence-electron chi connectivity index (χ1n) is 4.34. The predicted octanol–water partition coefficient (Wildman–Crippen LogP) is 1.78. The Morgan fingerprint density at radius 2 is 2.09 bits per heavy atom. The molecule has 2 heteroatoms. The van der Waals surface area contributed by atoms with Gasteiger partial charge in [0.2, 0.25) is 0 Å². The Morgan fingerprint density at radius 3 is 2.73 bits per heavy atom. The molecule has 1 aliphatic rings. The van der Waals surface area contributed by atoms with Crippen LogP contribution >= 0.6 is 0 Å². The molecule has 0 saturated carbocycles. The maximum atomic E-state index is 10.5. The van der Waals surface area contributed by atoms with Crippen molar-refractivity contribution in [3.05, 3.63) is 0 Å². The van der Waals surface area contributed by atoms with Crippen molar-refractivity contribution < 1.29 is 9.53 Å². The maximum Gasteiger partial charge on any atom is 0.149 e. The third-order valence-electron chi connectivity index (χ3n) is 2.35. The highest BCUT2D eigenvalue weighted by Gasteiger charge is 2.22. The molecule has 0 aliphatic carbocycles. The Kier molecular flexibility index (Phi) is 3.06. The van der Waals surface area contributed by atoms with Gasteiger partial charge < -0.3 is 9.53 Å². The Balaban J connectivity index is 2.51. The van der Waals surface area contributed by atoms with Gasteiger partial charge in [0, 0.05) is 0 Å². The van der Waals surface area contributed by atoms with Crippen LogP contribution in [0.3, 0.4) is 0 Å². The van der Waals surface area contributed by atoms with Gasteiger partial charge in [-0.25, -0.2) is 0 Å². The summed E-state index contributed by atoms with van der Waals surface area (Å²) >= 11 is 0. The van der Waals surface area contributed by atoms with Gasteiger partial charge in [0.1, 0.15) is 12.4 Å². The molecule has 0 bridgehead atoms. The van der Waals surface area contributed by atoms with Crippen LogP contribution in [0.5, 0.6) is 0 Å². The molecule has 64 valence electrons. The van der Waals surface area contributed by atoms with Crippen LogP contribution in [0.15, 0.2) is 0 Å². The summed E-state index contributed by atoms with van der Waals surface area (Å²) in [6.07, 6.45) is 4.43. The minimum absolute atomic E-state index is 0.160. The van der Waals surface area contributed by atoms with Crippen LogP contribution < -0.4 is 0 Å². The number of carbonyl (C=O) groups is 1. The highest BCUT2D eigenvalue weighted by molar-refractivity contribution is 5.56. The van der Waals surface area contributed by atoms with Crippen molar-refractivity contribution in [1.82, 2.24) is 0 Å². The summed E-state index contributed by atoms with van der Waals surface area (Å²) in [5, 5.41) is 0. The van der Waals surface area contributed by atoms with Crippen LogP contribution in [-0.2, 0) is 9.53 Å². The summed E-state index contributed by atoms with van der Waals surface area (Å²) in [4.78, 5) is 10.5. The van der Waals surface area contributed by atoms with E-state index in [-0.39, 0.29) is 12.2 Å². The van der Waals surface area contributed by atoms with Crippen LogP contribution in [0.4, 0.5) is 0 Å². The molecule has 1 rings (SSSR count). The Labute approximate surface area is 67.9 Å². The van der Waals surface area contributed by atoms with E-state index in [9.17, 15) is 4.79 Å². The van der Waals surface area contributed by atoms with Crippen LogP contribution in [0.25, 0.3) is 0 Å². The lowest BCUT2D eigenvalue weighted by Gasteiger charge is -2.17. The first-order valence-corrected chi connectivity index (χ1v) is 4.34. The minimum atomic E-state index is -0.160. The normalized spacial score (nSPS) is 39.6. The van der Waals surface area contributed by atoms with Gasteiger partial charge in [-0.05, 0) is 25.7 Å². The zero-order valence-corrected chi connectivity index (χ0v) is 7.25. The molecule has 0 N–H and O–H groups in total. The summed E-state index contributed by atoms with van der Waals surface area (Å²) in [5.74, 6) is 0.400. The Hall–Kier alpha value is -0.370. The molecule has 3 atom stereocenters. The predicted molar refractivity (Wildman–Crippen MR) is 43.4 cm³/mol. The molecule has 0 spiro atoms. The van der Waals surface area contributed by atoms with E-state index in [0.717, 1.165) is 19.1 Å². The van der Waals surface area contributed by atoms with Gasteiger partial charge in [-0.15, -0.1) is 0 Å². The van der Waals surface area contributed by atoms with Crippen molar-refractivity contribution in [1.29, 1.82) is 0 Å². The van der Waals surface area contributed by atoms with E-state index in [1.807, 2.05) is 6.92 Å². The summed E-state index contributed by atoms with van der Waals surface area (Å²) in [6.45, 7) is 4.12. The van der Waals surface area contributed by atoms with Crippen LogP contribution in [0, 0.1) is 5.92 Å². The van der Waals surface area contributed by atoms with Gasteiger partial charge in [0.15, 0.2) is 0 Å². The first kappa shape index (κ1) is 8.72. The van der Waals surface area contributed by atoms with Gasteiger partial charge >= 0.3 is 0 Å². The van der Waals surface area contributed by atoms with Crippen LogP contribution in [-0.4, -0.2) is 18.5 Å². The van der Waals surface area contributed by atoms with Crippen molar-refractivity contribution in [2.45, 2.75) is 45.3 Å². The highest BCUT2D eigenvalue weighted by atomic mass is 16.5. The van der Waals surface area contributed by atoms with Gasteiger partial charge in [0.05, 0.1) is 6.10 Å². The molecule has 0 aromatic carbocycles. The van der Waals surface area contributed by atoms with E-state index in [1.165, 1.54) is 6.42 Å². The topological polar surface area (TPSA) is 26.3 Å². The molecule has 0 amide bonds. The van der Waals surface area contributed by atoms with Crippen molar-refractivity contribution in [2.24, 2.45) is 5.92 Å². The Bertz CT molecular complexity index is 134. The fourth-order valence-electron chi connectivity index (χ4n) is 1.53. The summed E-state index contributed by atoms with van der Waals surface area (Å²) in [5.41, 5.74) is 0. The summed E-state index contributed by atoms with van der Waals surface area (Å²) < 4.78 is 5.50. The van der Waals surface area contributed by atoms with Gasteiger partial charge in [0.25, 0.3) is 0 Å². The fraction of sp³-hybridized carbons (Fsp3) is 0.889. The number of aldehydes is 1. The number of rotatable bonds is 1. The molecular weight excluding hydrogens is 140 g/mol. The second-order valence-electron chi connectivity index (χ2n) is 3.46. The molecule has 1 aliphatic heterocycles. The third-order valence-corrected chi connectivity index (χ3v) is 2.35. The number of hydrogen-bond acceptors (Lipinski definition) is 2. The van der Waals surface area contributed by atoms with E-state index in [4.69, 9.17) is 4.74 Å². The summed E-state index contributed by atoms with van der Waals surface area (Å²) in [6, 6.07) is 0. The number of ether oxygens (including phenoxy) is 1. The van der Waals surface area contributed by atoms with Crippen molar-refractivity contribution in [3.63, 3.8) is 0 Å². The maximum absolute atomic E-state index is 10.5. The van der Waals surface area contributed by atoms with E-state index >= 15 is 0 Å². The molecule has 1 saturated heterocycles. The molecule has 11 heavy (non-hydrogen) atoms. The third kappa shape index (κ3) is 2.29. The molecule has 2 nitrogen and oxygen atoms in total. The second-order valence-corrected chi connectivity index (χ2v) is 3.46. The largest absolute Gasteiger partial charge is 0.368 e. The molecule has 0 radical (unpaired) electrons. The van der Waals surface area contributed by atoms with Crippen molar-refractivity contribution in [2.75, 3.05) is 0 Å². The molecule has 0 aromatic rings. The molecule has 0 aromatic heterocycles. The average molecular weight is 156 g/mol. The molecular formula is C9H16O2. The zero-order chi connectivity index (χ0) is 8.27. The fourth-order valence-corrected chi connectivity index (χ4v) is 1.53. The van der Waals surface area contributed by atoms with Gasteiger partial charge in [-0.1, -0.05) is 13.3 Å². The number of carbonyl (C=O) groups excluding carboxylic acids is 1. The van der Waals surface area contributed by atoms with Crippen LogP contribution in [0.1, 0.15) is 33.1 Å². The lowest BCUT2D eigenvalue weighted by Crippen LogP contribution is -2.24. The van der Waals surface area contributed by atoms with Crippen molar-refractivity contribution >= 4 is 6.29 Å². The zero-order valence-electron chi connectivity index (χ0n) is 7.25. The quantitative estimate of drug-likeness (QED) is 0.541. The lowest BCUT2D eigenvalue weighted by molar-refractivity contribution is -0.123. The monoisotopic (exact) mass is 156 g/mol. The molecule has 1 fully saturated rings. The van der Waals surface area contributed by atoms with E-state index in [2.05, 4.69) is 6.92 Å². The lowest BCUT2D eigenvalue weighted by atomic mass is 10.00. The van der Waals surface area contributed by atoms with E-state index in [0.29, 0.717) is 5.92 Å². The SMILES string of the molecule is CC1CCCC(C)C(C=O)O1. The highest BCUT2D eigenvalue weighted by Crippen LogP contribution is 2.22.